The van der Waals surface area contributed by atoms with Gasteiger partial charge >= 0.3 is 0 Å². The first-order valence-corrected chi connectivity index (χ1v) is 7.96. The van der Waals surface area contributed by atoms with Crippen LogP contribution >= 0.6 is 27.5 Å². The summed E-state index contributed by atoms with van der Waals surface area (Å²) in [5.74, 6) is 0.498. The van der Waals surface area contributed by atoms with Gasteiger partial charge in [0.15, 0.2) is 0 Å². The fraction of sp³-hybridized carbons (Fsp3) is 0.571. The molecule has 106 valence electrons. The Balaban J connectivity index is 1.90. The molecule has 0 aromatic heterocycles. The lowest BCUT2D eigenvalue weighted by Crippen LogP contribution is -2.31. The molecule has 0 unspecified atom stereocenters. The van der Waals surface area contributed by atoms with Crippen molar-refractivity contribution in [1.29, 1.82) is 0 Å². The summed E-state index contributed by atoms with van der Waals surface area (Å²) in [4.78, 5) is 4.83. The molecular weight excluding hydrogens is 331 g/mol. The molecule has 1 aliphatic rings. The van der Waals surface area contributed by atoms with Gasteiger partial charge < -0.3 is 4.90 Å². The van der Waals surface area contributed by atoms with Crippen LogP contribution in [0.4, 0.5) is 4.39 Å². The Hall–Kier alpha value is -0.160. The molecule has 19 heavy (non-hydrogen) atoms. The van der Waals surface area contributed by atoms with Gasteiger partial charge in [0, 0.05) is 32.1 Å². The lowest BCUT2D eigenvalue weighted by Gasteiger charge is -2.21. The van der Waals surface area contributed by atoms with E-state index in [-0.39, 0.29) is 5.82 Å². The predicted molar refractivity (Wildman–Crippen MR) is 81.2 cm³/mol. The zero-order valence-electron chi connectivity index (χ0n) is 10.9. The van der Waals surface area contributed by atoms with Gasteiger partial charge in [0.2, 0.25) is 0 Å². The minimum atomic E-state index is -0.201. The highest BCUT2D eigenvalue weighted by Crippen LogP contribution is 2.18. The Kier molecular flexibility index (Phi) is 6.07. The van der Waals surface area contributed by atoms with Gasteiger partial charge in [0.25, 0.3) is 0 Å². The number of rotatable bonds is 4. The van der Waals surface area contributed by atoms with Crippen LogP contribution in [0.2, 0.25) is 0 Å². The van der Waals surface area contributed by atoms with Crippen LogP contribution < -0.4 is 0 Å². The van der Waals surface area contributed by atoms with Crippen LogP contribution in [0.1, 0.15) is 12.0 Å². The van der Waals surface area contributed by atoms with Gasteiger partial charge in [0.1, 0.15) is 5.82 Å². The van der Waals surface area contributed by atoms with E-state index in [9.17, 15) is 4.39 Å². The quantitative estimate of drug-likeness (QED) is 0.769. The van der Waals surface area contributed by atoms with Gasteiger partial charge in [-0.3, -0.25) is 4.90 Å². The fourth-order valence-corrected chi connectivity index (χ4v) is 3.09. The van der Waals surface area contributed by atoms with Crippen molar-refractivity contribution in [1.82, 2.24) is 9.80 Å². The largest absolute Gasteiger partial charge is 0.301 e. The van der Waals surface area contributed by atoms with E-state index >= 15 is 0 Å². The van der Waals surface area contributed by atoms with Crippen molar-refractivity contribution in [2.24, 2.45) is 0 Å². The zero-order chi connectivity index (χ0) is 13.7. The van der Waals surface area contributed by atoms with E-state index < -0.39 is 0 Å². The van der Waals surface area contributed by atoms with Crippen LogP contribution in [0.15, 0.2) is 22.7 Å². The summed E-state index contributed by atoms with van der Waals surface area (Å²) in [6.07, 6.45) is 1.17. The molecule has 1 fully saturated rings. The molecule has 0 spiro atoms. The summed E-state index contributed by atoms with van der Waals surface area (Å²) in [6, 6.07) is 5.26. The van der Waals surface area contributed by atoms with Crippen molar-refractivity contribution < 1.29 is 4.39 Å². The maximum absolute atomic E-state index is 13.2. The lowest BCUT2D eigenvalue weighted by molar-refractivity contribution is 0.258. The number of alkyl halides is 1. The minimum Gasteiger partial charge on any atom is -0.301 e. The maximum atomic E-state index is 13.2. The molecule has 1 aliphatic heterocycles. The van der Waals surface area contributed by atoms with E-state index in [4.69, 9.17) is 11.6 Å². The van der Waals surface area contributed by atoms with Crippen LogP contribution in [0.5, 0.6) is 0 Å². The second kappa shape index (κ2) is 7.58. The first-order chi connectivity index (χ1) is 9.19. The number of nitrogens with zero attached hydrogens (tertiary/aromatic N) is 2. The van der Waals surface area contributed by atoms with Gasteiger partial charge in [-0.15, -0.1) is 11.6 Å². The highest BCUT2D eigenvalue weighted by Gasteiger charge is 2.14. The molecule has 0 amide bonds. The van der Waals surface area contributed by atoms with Crippen LogP contribution in [0.3, 0.4) is 0 Å². The number of hydrogen-bond acceptors (Lipinski definition) is 2. The second-order valence-electron chi connectivity index (χ2n) is 4.91. The molecule has 0 saturated carbocycles. The Morgan fingerprint density at radius 2 is 1.89 bits per heavy atom. The van der Waals surface area contributed by atoms with Crippen LogP contribution in [-0.4, -0.2) is 48.4 Å². The molecule has 0 atom stereocenters. The van der Waals surface area contributed by atoms with Crippen LogP contribution in [0, 0.1) is 5.82 Å². The third-order valence-electron chi connectivity index (χ3n) is 3.47. The summed E-state index contributed by atoms with van der Waals surface area (Å²) >= 11 is 9.03. The molecule has 2 rings (SSSR count). The first kappa shape index (κ1) is 15.2. The van der Waals surface area contributed by atoms with E-state index in [1.165, 1.54) is 12.5 Å². The highest BCUT2D eigenvalue weighted by molar-refractivity contribution is 9.10. The summed E-state index contributed by atoms with van der Waals surface area (Å²) in [6.45, 7) is 6.18. The lowest BCUT2D eigenvalue weighted by atomic mass is 10.2. The molecule has 1 heterocycles. The average molecular weight is 350 g/mol. The van der Waals surface area contributed by atoms with Gasteiger partial charge in [-0.05, 0) is 53.1 Å². The van der Waals surface area contributed by atoms with E-state index in [1.54, 1.807) is 0 Å². The van der Waals surface area contributed by atoms with E-state index in [1.807, 2.05) is 12.1 Å². The minimum absolute atomic E-state index is 0.201. The Morgan fingerprint density at radius 1 is 1.16 bits per heavy atom. The predicted octanol–water partition coefficient (Wildman–Crippen LogP) is 3.33. The first-order valence-electron chi connectivity index (χ1n) is 6.63. The summed E-state index contributed by atoms with van der Waals surface area (Å²) in [5.41, 5.74) is 1.15. The second-order valence-corrected chi connectivity index (χ2v) is 6.14. The van der Waals surface area contributed by atoms with Crippen LogP contribution in [-0.2, 0) is 6.54 Å². The molecule has 2 nitrogen and oxygen atoms in total. The van der Waals surface area contributed by atoms with E-state index in [0.29, 0.717) is 10.4 Å². The van der Waals surface area contributed by atoms with E-state index in [2.05, 4.69) is 25.7 Å². The molecule has 0 bridgehead atoms. The molecule has 0 aliphatic carbocycles. The third kappa shape index (κ3) is 4.71. The van der Waals surface area contributed by atoms with Crippen molar-refractivity contribution in [3.05, 3.63) is 34.1 Å². The van der Waals surface area contributed by atoms with E-state index in [0.717, 1.165) is 44.8 Å². The Labute approximate surface area is 127 Å². The topological polar surface area (TPSA) is 6.48 Å². The Bertz CT molecular complexity index is 416. The van der Waals surface area contributed by atoms with Crippen molar-refractivity contribution >= 4 is 27.5 Å². The van der Waals surface area contributed by atoms with Gasteiger partial charge in [-0.25, -0.2) is 4.39 Å². The Morgan fingerprint density at radius 3 is 2.63 bits per heavy atom. The van der Waals surface area contributed by atoms with Gasteiger partial charge in [0.05, 0.1) is 4.47 Å². The molecule has 0 N–H and O–H groups in total. The fourth-order valence-electron chi connectivity index (χ4n) is 2.42. The molecule has 1 aromatic rings. The molecule has 0 radical (unpaired) electrons. The average Bonchev–Trinajstić information content (AvgIpc) is 2.60. The number of benzene rings is 1. The van der Waals surface area contributed by atoms with Crippen LogP contribution in [0.25, 0.3) is 0 Å². The third-order valence-corrected chi connectivity index (χ3v) is 4.25. The van der Waals surface area contributed by atoms with Gasteiger partial charge in [-0.2, -0.15) is 0 Å². The number of halogens is 3. The van der Waals surface area contributed by atoms with Crippen molar-refractivity contribution in [3.63, 3.8) is 0 Å². The summed E-state index contributed by atoms with van der Waals surface area (Å²) in [5, 5.41) is 0. The molecular formula is C14H19BrClFN2. The van der Waals surface area contributed by atoms with Crippen molar-refractivity contribution in [2.75, 3.05) is 38.6 Å². The van der Waals surface area contributed by atoms with Gasteiger partial charge in [-0.1, -0.05) is 6.07 Å². The number of hydrogen-bond donors (Lipinski definition) is 0. The normalized spacial score (nSPS) is 18.5. The summed E-state index contributed by atoms with van der Waals surface area (Å²) < 4.78 is 13.7. The van der Waals surface area contributed by atoms with Crippen molar-refractivity contribution in [2.45, 2.75) is 13.0 Å². The zero-order valence-corrected chi connectivity index (χ0v) is 13.3. The SMILES string of the molecule is Fc1ccc(CN2CCCN(CCCl)CC2)cc1Br. The van der Waals surface area contributed by atoms with Crippen molar-refractivity contribution in [3.8, 4) is 0 Å². The monoisotopic (exact) mass is 348 g/mol. The highest BCUT2D eigenvalue weighted by atomic mass is 79.9. The smallest absolute Gasteiger partial charge is 0.137 e. The molecule has 1 saturated heterocycles. The molecule has 1 aromatic carbocycles. The standard InChI is InChI=1S/C14H19BrClFN2/c15-13-10-12(2-3-14(13)17)11-19-6-1-5-18(7-4-16)8-9-19/h2-3,10H,1,4-9,11H2. The maximum Gasteiger partial charge on any atom is 0.137 e. The summed E-state index contributed by atoms with van der Waals surface area (Å²) in [7, 11) is 0. The molecule has 5 heteroatoms.